The van der Waals surface area contributed by atoms with Crippen LogP contribution >= 0.6 is 0 Å². The predicted molar refractivity (Wildman–Crippen MR) is 65.9 cm³/mol. The van der Waals surface area contributed by atoms with Crippen LogP contribution in [0.1, 0.15) is 31.2 Å². The van der Waals surface area contributed by atoms with Gasteiger partial charge in [0.2, 0.25) is 0 Å². The van der Waals surface area contributed by atoms with Crippen LogP contribution in [0.15, 0.2) is 47.6 Å². The van der Waals surface area contributed by atoms with Crippen molar-refractivity contribution >= 4 is 5.76 Å². The minimum absolute atomic E-state index is 0.739. The number of rotatable bonds is 1. The van der Waals surface area contributed by atoms with Crippen LogP contribution in [-0.2, 0) is 4.74 Å². The summed E-state index contributed by atoms with van der Waals surface area (Å²) in [5, 5.41) is 0. The van der Waals surface area contributed by atoms with Crippen LogP contribution < -0.4 is 0 Å². The van der Waals surface area contributed by atoms with Crippen molar-refractivity contribution in [3.8, 4) is 0 Å². The van der Waals surface area contributed by atoms with Gasteiger partial charge in [-0.3, -0.25) is 0 Å². The van der Waals surface area contributed by atoms with E-state index in [1.165, 1.54) is 42.4 Å². The van der Waals surface area contributed by atoms with Crippen LogP contribution in [0.3, 0.4) is 0 Å². The van der Waals surface area contributed by atoms with Gasteiger partial charge >= 0.3 is 0 Å². The van der Waals surface area contributed by atoms with Crippen LogP contribution in [0.25, 0.3) is 5.76 Å². The minimum atomic E-state index is 0.739. The molecule has 0 bridgehead atoms. The quantitative estimate of drug-likeness (QED) is 0.685. The maximum absolute atomic E-state index is 5.84. The van der Waals surface area contributed by atoms with Gasteiger partial charge in [0.05, 0.1) is 0 Å². The van der Waals surface area contributed by atoms with Crippen molar-refractivity contribution in [3.05, 3.63) is 53.1 Å². The Bertz CT molecular complexity index is 440. The molecule has 82 valence electrons. The largest absolute Gasteiger partial charge is 0.489 e. The van der Waals surface area contributed by atoms with Crippen LogP contribution in [0.4, 0.5) is 0 Å². The molecule has 1 saturated carbocycles. The van der Waals surface area contributed by atoms with E-state index in [2.05, 4.69) is 36.4 Å². The highest BCUT2D eigenvalue weighted by Gasteiger charge is 2.21. The molecule has 1 aliphatic carbocycles. The fourth-order valence-electron chi connectivity index (χ4n) is 2.57. The molecule has 0 spiro atoms. The van der Waals surface area contributed by atoms with Crippen molar-refractivity contribution in [3.63, 3.8) is 0 Å². The number of benzene rings is 1. The zero-order valence-corrected chi connectivity index (χ0v) is 9.41. The van der Waals surface area contributed by atoms with Gasteiger partial charge in [-0.15, -0.1) is 0 Å². The van der Waals surface area contributed by atoms with Gasteiger partial charge in [-0.25, -0.2) is 0 Å². The summed E-state index contributed by atoms with van der Waals surface area (Å²) in [6, 6.07) is 10.5. The van der Waals surface area contributed by atoms with Gasteiger partial charge in [0, 0.05) is 5.56 Å². The highest BCUT2D eigenvalue weighted by molar-refractivity contribution is 5.69. The summed E-state index contributed by atoms with van der Waals surface area (Å²) in [6.45, 7) is 0.739. The van der Waals surface area contributed by atoms with Gasteiger partial charge in [0.25, 0.3) is 0 Å². The lowest BCUT2D eigenvalue weighted by Gasteiger charge is -2.26. The van der Waals surface area contributed by atoms with E-state index in [9.17, 15) is 0 Å². The lowest BCUT2D eigenvalue weighted by atomic mass is 9.86. The van der Waals surface area contributed by atoms with Crippen molar-refractivity contribution in [1.82, 2.24) is 0 Å². The van der Waals surface area contributed by atoms with Crippen molar-refractivity contribution in [2.45, 2.75) is 25.7 Å². The molecule has 0 radical (unpaired) electrons. The number of allylic oxidation sites excluding steroid dienone is 2. The van der Waals surface area contributed by atoms with E-state index in [1.54, 1.807) is 0 Å². The molecule has 1 aromatic rings. The summed E-state index contributed by atoms with van der Waals surface area (Å²) in [7, 11) is 0. The van der Waals surface area contributed by atoms with Crippen LogP contribution in [0.5, 0.6) is 0 Å². The number of hydrogen-bond acceptors (Lipinski definition) is 1. The first-order chi connectivity index (χ1) is 7.95. The molecule has 1 heterocycles. The van der Waals surface area contributed by atoms with Crippen molar-refractivity contribution in [2.75, 3.05) is 6.61 Å². The van der Waals surface area contributed by atoms with E-state index in [0.29, 0.717) is 0 Å². The highest BCUT2D eigenvalue weighted by Crippen LogP contribution is 2.37. The van der Waals surface area contributed by atoms with Gasteiger partial charge in [0.15, 0.2) is 0 Å². The molecule has 0 aromatic heterocycles. The topological polar surface area (TPSA) is 9.23 Å². The molecule has 1 fully saturated rings. The first kappa shape index (κ1) is 9.71. The lowest BCUT2D eigenvalue weighted by molar-refractivity contribution is 0.307. The molecule has 0 unspecified atom stereocenters. The number of ether oxygens (including phenoxy) is 1. The Morgan fingerprint density at radius 2 is 1.75 bits per heavy atom. The van der Waals surface area contributed by atoms with E-state index >= 15 is 0 Å². The molecule has 1 nitrogen and oxygen atoms in total. The zero-order valence-electron chi connectivity index (χ0n) is 9.41. The third-order valence-electron chi connectivity index (χ3n) is 3.38. The smallest absolute Gasteiger partial charge is 0.130 e. The molecule has 3 rings (SSSR count). The van der Waals surface area contributed by atoms with Gasteiger partial charge in [-0.1, -0.05) is 30.3 Å². The summed E-state index contributed by atoms with van der Waals surface area (Å²) in [5.41, 5.74) is 4.20. The molecule has 0 saturated heterocycles. The maximum Gasteiger partial charge on any atom is 0.130 e. The Morgan fingerprint density at radius 1 is 0.938 bits per heavy atom. The molecule has 2 aliphatic rings. The average Bonchev–Trinajstić information content (AvgIpc) is 2.39. The van der Waals surface area contributed by atoms with Gasteiger partial charge in [-0.2, -0.15) is 0 Å². The fraction of sp³-hybridized carbons (Fsp3) is 0.333. The summed E-state index contributed by atoms with van der Waals surface area (Å²) in [4.78, 5) is 0. The Labute approximate surface area is 96.4 Å². The van der Waals surface area contributed by atoms with Crippen LogP contribution in [0, 0.1) is 0 Å². The molecule has 16 heavy (non-hydrogen) atoms. The molecule has 1 aromatic carbocycles. The summed E-state index contributed by atoms with van der Waals surface area (Å²) >= 11 is 0. The Balaban J connectivity index is 2.05. The van der Waals surface area contributed by atoms with Gasteiger partial charge < -0.3 is 4.74 Å². The van der Waals surface area contributed by atoms with Crippen molar-refractivity contribution in [2.24, 2.45) is 0 Å². The van der Waals surface area contributed by atoms with Crippen molar-refractivity contribution in [1.29, 1.82) is 0 Å². The third kappa shape index (κ3) is 1.67. The first-order valence-corrected chi connectivity index (χ1v) is 6.06. The zero-order chi connectivity index (χ0) is 10.8. The van der Waals surface area contributed by atoms with E-state index in [1.807, 2.05) is 0 Å². The second-order valence-corrected chi connectivity index (χ2v) is 4.42. The van der Waals surface area contributed by atoms with Gasteiger partial charge in [0.1, 0.15) is 12.4 Å². The molecule has 0 amide bonds. The van der Waals surface area contributed by atoms with E-state index in [0.717, 1.165) is 12.4 Å². The number of hydrogen-bond donors (Lipinski definition) is 0. The maximum atomic E-state index is 5.84. The molecule has 1 aliphatic heterocycles. The molecule has 0 atom stereocenters. The third-order valence-corrected chi connectivity index (χ3v) is 3.38. The SMILES string of the molecule is C1=C2CCCCC2=C(c2ccccc2)OC1. The van der Waals surface area contributed by atoms with Crippen molar-refractivity contribution < 1.29 is 4.74 Å². The van der Waals surface area contributed by atoms with E-state index < -0.39 is 0 Å². The van der Waals surface area contributed by atoms with E-state index in [4.69, 9.17) is 4.74 Å². The molecular weight excluding hydrogens is 196 g/mol. The van der Waals surface area contributed by atoms with Gasteiger partial charge in [-0.05, 0) is 42.9 Å². The second-order valence-electron chi connectivity index (χ2n) is 4.42. The van der Waals surface area contributed by atoms with E-state index in [-0.39, 0.29) is 0 Å². The monoisotopic (exact) mass is 212 g/mol. The Hall–Kier alpha value is -1.50. The van der Waals surface area contributed by atoms with Crippen LogP contribution in [0.2, 0.25) is 0 Å². The highest BCUT2D eigenvalue weighted by atomic mass is 16.5. The molecule has 1 heteroatoms. The first-order valence-electron chi connectivity index (χ1n) is 6.06. The normalized spacial score (nSPS) is 19.9. The standard InChI is InChI=1S/C15H16O/c1-2-7-13(8-3-1)15-14-9-5-4-6-12(14)10-11-16-15/h1-3,7-8,10H,4-6,9,11H2. The Morgan fingerprint density at radius 3 is 2.62 bits per heavy atom. The molecule has 0 N–H and O–H groups in total. The molecular formula is C15H16O. The minimum Gasteiger partial charge on any atom is -0.489 e. The average molecular weight is 212 g/mol. The Kier molecular flexibility index (Phi) is 2.53. The summed E-state index contributed by atoms with van der Waals surface area (Å²) in [5.74, 6) is 1.12. The summed E-state index contributed by atoms with van der Waals surface area (Å²) in [6.07, 6.45) is 7.29. The number of fused-ring (bicyclic) bond motifs is 1. The summed E-state index contributed by atoms with van der Waals surface area (Å²) < 4.78 is 5.84. The van der Waals surface area contributed by atoms with Crippen LogP contribution in [-0.4, -0.2) is 6.61 Å². The lowest BCUT2D eigenvalue weighted by Crippen LogP contribution is -2.10. The predicted octanol–water partition coefficient (Wildman–Crippen LogP) is 3.93. The second kappa shape index (κ2) is 4.17. The fourth-order valence-corrected chi connectivity index (χ4v) is 2.57.